The third-order valence-electron chi connectivity index (χ3n) is 4.65. The molecule has 33 heavy (non-hydrogen) atoms. The quantitative estimate of drug-likeness (QED) is 0.441. The molecule has 0 unspecified atom stereocenters. The number of carbonyl (C=O) groups is 1. The lowest BCUT2D eigenvalue weighted by molar-refractivity contribution is 0.101. The third-order valence-corrected chi connectivity index (χ3v) is 4.65. The number of hydrogen-bond donors (Lipinski definition) is 1. The number of rotatable bonds is 6. The normalized spacial score (nSPS) is 11.1. The van der Waals surface area contributed by atoms with Gasteiger partial charge in [-0.2, -0.15) is 5.10 Å². The van der Waals surface area contributed by atoms with Crippen LogP contribution >= 0.6 is 0 Å². The van der Waals surface area contributed by atoms with E-state index in [1.54, 1.807) is 18.5 Å². The number of hydrogen-bond acceptors (Lipinski definition) is 6. The lowest BCUT2D eigenvalue weighted by atomic mass is 10.2. The minimum absolute atomic E-state index is 0.0883. The standard InChI is InChI=1S/C21H17F2N9O/c1-12(2)31-11-26-29-20(31)16-5-4-6-17(27-16)28-21(33)15-10-32(30-18(15)19(22)23)14-7-13(24-3)8-25-9-14/h4-12,19H,1-2H3,(H,27,28,33). The van der Waals surface area contributed by atoms with Crippen LogP contribution in [0, 0.1) is 6.57 Å². The van der Waals surface area contributed by atoms with Gasteiger partial charge in [0.25, 0.3) is 12.3 Å². The Balaban J connectivity index is 1.64. The molecule has 0 aromatic carbocycles. The van der Waals surface area contributed by atoms with Crippen molar-refractivity contribution in [2.24, 2.45) is 0 Å². The SMILES string of the molecule is [C-]#[N+]c1cncc(-n2cc(C(=O)Nc3cccc(-c4nncn4C(C)C)n3)c(C(F)F)n2)c1. The van der Waals surface area contributed by atoms with Gasteiger partial charge in [-0.3, -0.25) is 9.78 Å². The number of amides is 1. The molecule has 12 heteroatoms. The summed E-state index contributed by atoms with van der Waals surface area (Å²) >= 11 is 0. The molecule has 4 rings (SSSR count). The maximum absolute atomic E-state index is 13.6. The van der Waals surface area contributed by atoms with Gasteiger partial charge in [0.15, 0.2) is 5.82 Å². The van der Waals surface area contributed by atoms with Crippen molar-refractivity contribution < 1.29 is 13.6 Å². The van der Waals surface area contributed by atoms with Crippen LogP contribution in [0.5, 0.6) is 0 Å². The highest BCUT2D eigenvalue weighted by atomic mass is 19.3. The van der Waals surface area contributed by atoms with Gasteiger partial charge < -0.3 is 9.88 Å². The zero-order valence-corrected chi connectivity index (χ0v) is 17.5. The van der Waals surface area contributed by atoms with Gasteiger partial charge in [0.05, 0.1) is 17.8 Å². The minimum atomic E-state index is -2.99. The maximum Gasteiger partial charge on any atom is 0.282 e. The molecule has 0 bridgehead atoms. The van der Waals surface area contributed by atoms with Gasteiger partial charge in [-0.1, -0.05) is 6.07 Å². The van der Waals surface area contributed by atoms with Crippen molar-refractivity contribution in [3.8, 4) is 17.2 Å². The summed E-state index contributed by atoms with van der Waals surface area (Å²) in [6.07, 6.45) is 2.44. The van der Waals surface area contributed by atoms with Crippen molar-refractivity contribution >= 4 is 17.4 Å². The van der Waals surface area contributed by atoms with E-state index in [1.165, 1.54) is 30.7 Å². The summed E-state index contributed by atoms with van der Waals surface area (Å²) in [5, 5.41) is 14.3. The minimum Gasteiger partial charge on any atom is -0.310 e. The summed E-state index contributed by atoms with van der Waals surface area (Å²) in [4.78, 5) is 24.4. The van der Waals surface area contributed by atoms with Crippen LogP contribution in [0.15, 0.2) is 49.2 Å². The predicted molar refractivity (Wildman–Crippen MR) is 114 cm³/mol. The van der Waals surface area contributed by atoms with Crippen LogP contribution in [0.4, 0.5) is 20.3 Å². The number of carbonyl (C=O) groups excluding carboxylic acids is 1. The molecule has 0 fully saturated rings. The molecule has 4 heterocycles. The maximum atomic E-state index is 13.6. The van der Waals surface area contributed by atoms with E-state index in [0.29, 0.717) is 11.5 Å². The fraction of sp³-hybridized carbons (Fsp3) is 0.190. The lowest BCUT2D eigenvalue weighted by Gasteiger charge is -2.10. The van der Waals surface area contributed by atoms with Crippen LogP contribution < -0.4 is 5.32 Å². The molecule has 0 aliphatic heterocycles. The Morgan fingerprint density at radius 1 is 1.24 bits per heavy atom. The Bertz CT molecular complexity index is 1350. The van der Waals surface area contributed by atoms with Crippen LogP contribution in [0.25, 0.3) is 22.1 Å². The fourth-order valence-electron chi connectivity index (χ4n) is 3.07. The van der Waals surface area contributed by atoms with Crippen LogP contribution in [0.2, 0.25) is 0 Å². The molecule has 0 aliphatic rings. The molecule has 0 atom stereocenters. The summed E-state index contributed by atoms with van der Waals surface area (Å²) in [7, 11) is 0. The summed E-state index contributed by atoms with van der Waals surface area (Å²) in [5.74, 6) is -0.143. The van der Waals surface area contributed by atoms with Gasteiger partial charge in [-0.05, 0) is 32.0 Å². The molecule has 4 aromatic rings. The lowest BCUT2D eigenvalue weighted by Crippen LogP contribution is -2.15. The van der Waals surface area contributed by atoms with Gasteiger partial charge in [-0.25, -0.2) is 23.3 Å². The van der Waals surface area contributed by atoms with E-state index in [-0.39, 0.29) is 28.8 Å². The van der Waals surface area contributed by atoms with Crippen molar-refractivity contribution in [3.63, 3.8) is 0 Å². The number of nitrogens with one attached hydrogen (secondary N) is 1. The van der Waals surface area contributed by atoms with Crippen molar-refractivity contribution in [1.82, 2.24) is 34.5 Å². The van der Waals surface area contributed by atoms with E-state index in [9.17, 15) is 13.6 Å². The number of anilines is 1. The molecule has 4 aromatic heterocycles. The Kier molecular flexibility index (Phi) is 5.86. The first kappa shape index (κ1) is 21.7. The second-order valence-corrected chi connectivity index (χ2v) is 7.20. The Labute approximate surface area is 186 Å². The van der Waals surface area contributed by atoms with Crippen molar-refractivity contribution in [2.45, 2.75) is 26.3 Å². The van der Waals surface area contributed by atoms with Crippen LogP contribution in [-0.2, 0) is 0 Å². The second-order valence-electron chi connectivity index (χ2n) is 7.20. The molecule has 0 spiro atoms. The summed E-state index contributed by atoms with van der Waals surface area (Å²) in [6.45, 7) is 11.0. The molecule has 0 aliphatic carbocycles. The van der Waals surface area contributed by atoms with Gasteiger partial charge in [0, 0.05) is 24.6 Å². The van der Waals surface area contributed by atoms with Crippen LogP contribution in [0.3, 0.4) is 0 Å². The molecular weight excluding hydrogens is 432 g/mol. The van der Waals surface area contributed by atoms with Crippen LogP contribution in [0.1, 0.15) is 42.4 Å². The Hall–Kier alpha value is -4.53. The topological polar surface area (TPSA) is 108 Å². The summed E-state index contributed by atoms with van der Waals surface area (Å²) in [5.41, 5.74) is -0.0709. The number of pyridine rings is 2. The second kappa shape index (κ2) is 8.91. The first-order valence-electron chi connectivity index (χ1n) is 9.76. The van der Waals surface area contributed by atoms with Crippen molar-refractivity contribution in [3.05, 3.63) is 71.9 Å². The molecule has 166 valence electrons. The Morgan fingerprint density at radius 2 is 2.06 bits per heavy atom. The van der Waals surface area contributed by atoms with E-state index in [2.05, 4.69) is 35.4 Å². The molecule has 0 radical (unpaired) electrons. The largest absolute Gasteiger partial charge is 0.310 e. The predicted octanol–water partition coefficient (Wildman–Crippen LogP) is 4.24. The highest BCUT2D eigenvalue weighted by molar-refractivity contribution is 6.04. The molecule has 10 nitrogen and oxygen atoms in total. The number of alkyl halides is 2. The fourth-order valence-corrected chi connectivity index (χ4v) is 3.07. The third kappa shape index (κ3) is 4.42. The van der Waals surface area contributed by atoms with E-state index in [1.807, 2.05) is 18.4 Å². The first-order chi connectivity index (χ1) is 15.9. The molecule has 0 saturated heterocycles. The highest BCUT2D eigenvalue weighted by Gasteiger charge is 2.24. The van der Waals surface area contributed by atoms with Crippen molar-refractivity contribution in [2.75, 3.05) is 5.32 Å². The zero-order chi connectivity index (χ0) is 23.5. The summed E-state index contributed by atoms with van der Waals surface area (Å²) < 4.78 is 30.1. The average Bonchev–Trinajstić information content (AvgIpc) is 3.47. The van der Waals surface area contributed by atoms with Gasteiger partial charge >= 0.3 is 0 Å². The van der Waals surface area contributed by atoms with E-state index in [4.69, 9.17) is 6.57 Å². The molecule has 1 amide bonds. The molecule has 0 saturated carbocycles. The highest BCUT2D eigenvalue weighted by Crippen LogP contribution is 2.25. The zero-order valence-electron chi connectivity index (χ0n) is 17.5. The van der Waals surface area contributed by atoms with Gasteiger partial charge in [-0.15, -0.1) is 10.2 Å². The van der Waals surface area contributed by atoms with E-state index < -0.39 is 18.0 Å². The number of halogens is 2. The summed E-state index contributed by atoms with van der Waals surface area (Å²) in [6, 6.07) is 6.42. The van der Waals surface area contributed by atoms with Crippen molar-refractivity contribution in [1.29, 1.82) is 0 Å². The molecule has 1 N–H and O–H groups in total. The monoisotopic (exact) mass is 449 g/mol. The number of aromatic nitrogens is 7. The first-order valence-corrected chi connectivity index (χ1v) is 9.76. The number of nitrogens with zero attached hydrogens (tertiary/aromatic N) is 8. The van der Waals surface area contributed by atoms with Crippen LogP contribution in [-0.4, -0.2) is 40.4 Å². The van der Waals surface area contributed by atoms with E-state index in [0.717, 1.165) is 4.68 Å². The van der Waals surface area contributed by atoms with Gasteiger partial charge in [0.2, 0.25) is 5.69 Å². The Morgan fingerprint density at radius 3 is 2.79 bits per heavy atom. The molecular formula is C21H17F2N9O. The van der Waals surface area contributed by atoms with E-state index >= 15 is 0 Å². The van der Waals surface area contributed by atoms with Gasteiger partial charge in [0.1, 0.15) is 23.5 Å². The smallest absolute Gasteiger partial charge is 0.282 e. The average molecular weight is 449 g/mol.